The molecule has 0 saturated carbocycles. The lowest BCUT2D eigenvalue weighted by Gasteiger charge is -2.05. The minimum Gasteiger partial charge on any atom is -0.319 e. The molecule has 17 heavy (non-hydrogen) atoms. The lowest BCUT2D eigenvalue weighted by molar-refractivity contribution is 0.102. The first-order valence-electron chi connectivity index (χ1n) is 4.99. The summed E-state index contributed by atoms with van der Waals surface area (Å²) in [6.45, 7) is 1.87. The Hall–Kier alpha value is -1.88. The number of carbonyl (C=O) groups is 1. The molecule has 5 nitrogen and oxygen atoms in total. The number of hydrogen-bond donors (Lipinski definition) is 1. The first kappa shape index (κ1) is 11.6. The number of halogens is 1. The van der Waals surface area contributed by atoms with Crippen LogP contribution >= 0.6 is 11.6 Å². The Morgan fingerprint density at radius 2 is 2.24 bits per heavy atom. The van der Waals surface area contributed by atoms with Gasteiger partial charge in [-0.05, 0) is 13.0 Å². The topological polar surface area (TPSA) is 59.8 Å². The van der Waals surface area contributed by atoms with Crippen LogP contribution in [0.4, 0.5) is 5.69 Å². The van der Waals surface area contributed by atoms with Crippen LogP contribution in [0.3, 0.4) is 0 Å². The molecule has 0 spiro atoms. The number of nitrogens with one attached hydrogen (secondary N) is 1. The van der Waals surface area contributed by atoms with Crippen molar-refractivity contribution in [1.82, 2.24) is 14.8 Å². The Kier molecular flexibility index (Phi) is 3.10. The van der Waals surface area contributed by atoms with Gasteiger partial charge in [0.05, 0.1) is 28.2 Å². The molecule has 1 N–H and O–H groups in total. The van der Waals surface area contributed by atoms with Crippen LogP contribution in [0.2, 0.25) is 5.02 Å². The van der Waals surface area contributed by atoms with Crippen LogP contribution < -0.4 is 5.32 Å². The summed E-state index contributed by atoms with van der Waals surface area (Å²) in [6, 6.07) is 1.57. The van der Waals surface area contributed by atoms with E-state index in [1.807, 2.05) is 14.0 Å². The summed E-state index contributed by atoms with van der Waals surface area (Å²) in [4.78, 5) is 15.8. The molecule has 0 aliphatic rings. The molecular formula is C11H11ClN4O. The van der Waals surface area contributed by atoms with Gasteiger partial charge in [-0.1, -0.05) is 11.6 Å². The second kappa shape index (κ2) is 4.55. The molecule has 0 fully saturated rings. The number of rotatable bonds is 2. The van der Waals surface area contributed by atoms with Crippen molar-refractivity contribution < 1.29 is 4.79 Å². The molecule has 0 saturated heterocycles. The van der Waals surface area contributed by atoms with Crippen molar-refractivity contribution in [1.29, 1.82) is 0 Å². The SMILES string of the molecule is Cc1c(NC(=O)c2ccncc2Cl)cnn1C. The van der Waals surface area contributed by atoms with Gasteiger partial charge in [0.15, 0.2) is 0 Å². The minimum atomic E-state index is -0.270. The summed E-state index contributed by atoms with van der Waals surface area (Å²) in [5.41, 5.74) is 1.94. The second-order valence-corrected chi connectivity index (χ2v) is 3.98. The average molecular weight is 251 g/mol. The van der Waals surface area contributed by atoms with Crippen molar-refractivity contribution in [3.63, 3.8) is 0 Å². The predicted molar refractivity (Wildman–Crippen MR) is 65.1 cm³/mol. The van der Waals surface area contributed by atoms with Crippen LogP contribution in [0.25, 0.3) is 0 Å². The number of amides is 1. The number of carbonyl (C=O) groups excluding carboxylic acids is 1. The predicted octanol–water partition coefficient (Wildman–Crippen LogP) is 2.03. The highest BCUT2D eigenvalue weighted by Crippen LogP contribution is 2.17. The maximum absolute atomic E-state index is 11.9. The molecule has 2 rings (SSSR count). The maximum Gasteiger partial charge on any atom is 0.257 e. The summed E-state index contributed by atoms with van der Waals surface area (Å²) in [6.07, 6.45) is 4.56. The standard InChI is InChI=1S/C11H11ClN4O/c1-7-10(6-14-16(7)2)15-11(17)8-3-4-13-5-9(8)12/h3-6H,1-2H3,(H,15,17). The molecule has 0 atom stereocenters. The van der Waals surface area contributed by atoms with Gasteiger partial charge in [-0.25, -0.2) is 0 Å². The van der Waals surface area contributed by atoms with E-state index < -0.39 is 0 Å². The van der Waals surface area contributed by atoms with E-state index in [-0.39, 0.29) is 5.91 Å². The quantitative estimate of drug-likeness (QED) is 0.887. The Bertz CT molecular complexity index is 564. The molecule has 0 aliphatic heterocycles. The molecule has 0 aliphatic carbocycles. The molecule has 2 aromatic rings. The van der Waals surface area contributed by atoms with Crippen molar-refractivity contribution in [2.75, 3.05) is 5.32 Å². The van der Waals surface area contributed by atoms with Gasteiger partial charge in [0.25, 0.3) is 5.91 Å². The minimum absolute atomic E-state index is 0.270. The Labute approximate surface area is 103 Å². The van der Waals surface area contributed by atoms with Crippen molar-refractivity contribution in [2.24, 2.45) is 7.05 Å². The fourth-order valence-corrected chi connectivity index (χ4v) is 1.58. The summed E-state index contributed by atoms with van der Waals surface area (Å²) >= 11 is 5.89. The van der Waals surface area contributed by atoms with E-state index in [9.17, 15) is 4.79 Å². The lowest BCUT2D eigenvalue weighted by atomic mass is 10.2. The second-order valence-electron chi connectivity index (χ2n) is 3.58. The highest BCUT2D eigenvalue weighted by molar-refractivity contribution is 6.34. The van der Waals surface area contributed by atoms with E-state index in [0.29, 0.717) is 16.3 Å². The van der Waals surface area contributed by atoms with E-state index in [4.69, 9.17) is 11.6 Å². The monoisotopic (exact) mass is 250 g/mol. The number of nitrogens with zero attached hydrogens (tertiary/aromatic N) is 3. The Morgan fingerprint density at radius 1 is 1.47 bits per heavy atom. The third-order valence-corrected chi connectivity index (χ3v) is 2.80. The van der Waals surface area contributed by atoms with E-state index >= 15 is 0 Å². The van der Waals surface area contributed by atoms with Crippen molar-refractivity contribution in [3.8, 4) is 0 Å². The van der Waals surface area contributed by atoms with Crippen LogP contribution in [0.15, 0.2) is 24.7 Å². The molecule has 6 heteroatoms. The normalized spacial score (nSPS) is 10.3. The first-order valence-corrected chi connectivity index (χ1v) is 5.37. The average Bonchev–Trinajstić information content (AvgIpc) is 2.61. The highest BCUT2D eigenvalue weighted by Gasteiger charge is 2.12. The van der Waals surface area contributed by atoms with Gasteiger partial charge >= 0.3 is 0 Å². The molecule has 0 bridgehead atoms. The Balaban J connectivity index is 2.23. The smallest absolute Gasteiger partial charge is 0.257 e. The molecule has 0 radical (unpaired) electrons. The van der Waals surface area contributed by atoms with Gasteiger partial charge in [-0.15, -0.1) is 0 Å². The third kappa shape index (κ3) is 2.29. The van der Waals surface area contributed by atoms with Crippen molar-refractivity contribution in [2.45, 2.75) is 6.92 Å². The van der Waals surface area contributed by atoms with Gasteiger partial charge < -0.3 is 5.32 Å². The zero-order valence-corrected chi connectivity index (χ0v) is 10.2. The lowest BCUT2D eigenvalue weighted by Crippen LogP contribution is -2.13. The molecule has 1 amide bonds. The zero-order chi connectivity index (χ0) is 12.4. The van der Waals surface area contributed by atoms with Gasteiger partial charge in [0.1, 0.15) is 0 Å². The van der Waals surface area contributed by atoms with E-state index in [0.717, 1.165) is 5.69 Å². The Morgan fingerprint density at radius 3 is 2.82 bits per heavy atom. The summed E-state index contributed by atoms with van der Waals surface area (Å²) in [7, 11) is 1.81. The van der Waals surface area contributed by atoms with Crippen LogP contribution in [-0.4, -0.2) is 20.7 Å². The van der Waals surface area contributed by atoms with Crippen LogP contribution in [0.5, 0.6) is 0 Å². The maximum atomic E-state index is 11.9. The molecule has 0 aromatic carbocycles. The van der Waals surface area contributed by atoms with Gasteiger partial charge in [-0.3, -0.25) is 14.5 Å². The first-order chi connectivity index (χ1) is 8.09. The summed E-state index contributed by atoms with van der Waals surface area (Å²) in [5, 5.41) is 7.12. The fraction of sp³-hybridized carbons (Fsp3) is 0.182. The van der Waals surface area contributed by atoms with Crippen molar-refractivity contribution in [3.05, 3.63) is 40.9 Å². The molecule has 0 unspecified atom stereocenters. The number of anilines is 1. The number of aromatic nitrogens is 3. The fourth-order valence-electron chi connectivity index (χ4n) is 1.37. The van der Waals surface area contributed by atoms with Gasteiger partial charge in [-0.2, -0.15) is 5.10 Å². The number of pyridine rings is 1. The number of hydrogen-bond acceptors (Lipinski definition) is 3. The molecule has 88 valence electrons. The van der Waals surface area contributed by atoms with Gasteiger partial charge in [0, 0.05) is 19.4 Å². The van der Waals surface area contributed by atoms with E-state index in [1.54, 1.807) is 16.9 Å². The van der Waals surface area contributed by atoms with Gasteiger partial charge in [0.2, 0.25) is 0 Å². The largest absolute Gasteiger partial charge is 0.319 e. The van der Waals surface area contributed by atoms with Crippen LogP contribution in [-0.2, 0) is 7.05 Å². The summed E-state index contributed by atoms with van der Waals surface area (Å²) in [5.74, 6) is -0.270. The number of aryl methyl sites for hydroxylation is 1. The van der Waals surface area contributed by atoms with Crippen LogP contribution in [0.1, 0.15) is 16.1 Å². The van der Waals surface area contributed by atoms with Crippen LogP contribution in [0, 0.1) is 6.92 Å². The van der Waals surface area contributed by atoms with Crippen molar-refractivity contribution >= 4 is 23.2 Å². The van der Waals surface area contributed by atoms with E-state index in [1.165, 1.54) is 12.4 Å². The van der Waals surface area contributed by atoms with E-state index in [2.05, 4.69) is 15.4 Å². The third-order valence-electron chi connectivity index (χ3n) is 2.50. The molecular weight excluding hydrogens is 240 g/mol. The highest BCUT2D eigenvalue weighted by atomic mass is 35.5. The molecule has 2 aromatic heterocycles. The zero-order valence-electron chi connectivity index (χ0n) is 9.44. The summed E-state index contributed by atoms with van der Waals surface area (Å²) < 4.78 is 1.68. The molecule has 2 heterocycles.